The molecule has 11 heavy (non-hydrogen) atoms. The van der Waals surface area contributed by atoms with Crippen molar-refractivity contribution < 1.29 is 4.74 Å². The first-order chi connectivity index (χ1) is 5.31. The molecule has 0 aromatic rings. The van der Waals surface area contributed by atoms with Gasteiger partial charge >= 0.3 is 0 Å². The first-order valence-corrected chi connectivity index (χ1v) is 4.57. The van der Waals surface area contributed by atoms with Crippen LogP contribution < -0.4 is 0 Å². The van der Waals surface area contributed by atoms with Gasteiger partial charge in [0.05, 0.1) is 12.2 Å². The van der Waals surface area contributed by atoms with Gasteiger partial charge in [-0.25, -0.2) is 0 Å². The van der Waals surface area contributed by atoms with Gasteiger partial charge in [-0.05, 0) is 31.1 Å². The van der Waals surface area contributed by atoms with E-state index in [1.54, 1.807) is 0 Å². The van der Waals surface area contributed by atoms with Crippen LogP contribution in [-0.2, 0) is 4.74 Å². The lowest BCUT2D eigenvalue weighted by atomic mass is 9.81. The number of hydrogen-bond donors (Lipinski definition) is 0. The molecule has 0 spiro atoms. The van der Waals surface area contributed by atoms with E-state index in [9.17, 15) is 0 Å². The van der Waals surface area contributed by atoms with Gasteiger partial charge in [-0.2, -0.15) is 0 Å². The van der Waals surface area contributed by atoms with Crippen LogP contribution in [0.2, 0.25) is 0 Å². The van der Waals surface area contributed by atoms with E-state index in [1.807, 2.05) is 6.08 Å². The second-order valence-electron chi connectivity index (χ2n) is 3.98. The van der Waals surface area contributed by atoms with Crippen LogP contribution in [-0.4, -0.2) is 12.2 Å². The van der Waals surface area contributed by atoms with Crippen molar-refractivity contribution >= 4 is 0 Å². The van der Waals surface area contributed by atoms with Gasteiger partial charge in [0.25, 0.3) is 0 Å². The molecule has 2 aliphatic rings. The zero-order valence-corrected chi connectivity index (χ0v) is 7.12. The molecule has 4 atom stereocenters. The number of epoxide rings is 1. The van der Waals surface area contributed by atoms with Gasteiger partial charge in [-0.3, -0.25) is 0 Å². The van der Waals surface area contributed by atoms with Crippen molar-refractivity contribution in [1.29, 1.82) is 0 Å². The molecule has 2 fully saturated rings. The summed E-state index contributed by atoms with van der Waals surface area (Å²) >= 11 is 0. The maximum Gasteiger partial charge on any atom is 0.0867 e. The van der Waals surface area contributed by atoms with Crippen molar-refractivity contribution in [3.63, 3.8) is 0 Å². The Morgan fingerprint density at radius 2 is 2.36 bits per heavy atom. The van der Waals surface area contributed by atoms with E-state index in [1.165, 1.54) is 19.3 Å². The van der Waals surface area contributed by atoms with Crippen LogP contribution in [0.15, 0.2) is 12.7 Å². The van der Waals surface area contributed by atoms with Crippen LogP contribution >= 0.6 is 0 Å². The zero-order chi connectivity index (χ0) is 7.84. The van der Waals surface area contributed by atoms with Crippen LogP contribution in [0.1, 0.15) is 26.2 Å². The SMILES string of the molecule is C=CCC1CC(C)C2OC2C1. The highest BCUT2D eigenvalue weighted by Gasteiger charge is 2.47. The maximum atomic E-state index is 5.53. The Bertz CT molecular complexity index is 164. The molecule has 0 amide bonds. The van der Waals surface area contributed by atoms with Crippen LogP contribution in [0.25, 0.3) is 0 Å². The minimum Gasteiger partial charge on any atom is -0.369 e. The number of fused-ring (bicyclic) bond motifs is 1. The quantitative estimate of drug-likeness (QED) is 0.437. The summed E-state index contributed by atoms with van der Waals surface area (Å²) in [5.41, 5.74) is 0. The van der Waals surface area contributed by atoms with Crippen molar-refractivity contribution in [3.8, 4) is 0 Å². The molecule has 1 nitrogen and oxygen atoms in total. The fourth-order valence-corrected chi connectivity index (χ4v) is 2.36. The van der Waals surface area contributed by atoms with E-state index in [0.717, 1.165) is 11.8 Å². The summed E-state index contributed by atoms with van der Waals surface area (Å²) in [6, 6.07) is 0. The molecular formula is C10H16O. The van der Waals surface area contributed by atoms with E-state index in [2.05, 4.69) is 13.5 Å². The number of allylic oxidation sites excluding steroid dienone is 1. The molecule has 0 aromatic carbocycles. The van der Waals surface area contributed by atoms with Crippen molar-refractivity contribution in [2.24, 2.45) is 11.8 Å². The largest absolute Gasteiger partial charge is 0.369 e. The van der Waals surface area contributed by atoms with Gasteiger partial charge in [0, 0.05) is 0 Å². The molecule has 62 valence electrons. The van der Waals surface area contributed by atoms with Gasteiger partial charge < -0.3 is 4.74 Å². The van der Waals surface area contributed by atoms with E-state index in [4.69, 9.17) is 4.74 Å². The minimum atomic E-state index is 0.615. The molecule has 1 saturated carbocycles. The number of ether oxygens (including phenoxy) is 1. The van der Waals surface area contributed by atoms with E-state index in [-0.39, 0.29) is 0 Å². The highest BCUT2D eigenvalue weighted by Crippen LogP contribution is 2.44. The Labute approximate surface area is 68.4 Å². The zero-order valence-electron chi connectivity index (χ0n) is 7.12. The van der Waals surface area contributed by atoms with Gasteiger partial charge in [0.15, 0.2) is 0 Å². The third-order valence-electron chi connectivity index (χ3n) is 2.95. The first-order valence-electron chi connectivity index (χ1n) is 4.57. The molecule has 0 aromatic heterocycles. The summed E-state index contributed by atoms with van der Waals surface area (Å²) < 4.78 is 5.53. The van der Waals surface area contributed by atoms with Crippen LogP contribution in [0.5, 0.6) is 0 Å². The van der Waals surface area contributed by atoms with Crippen molar-refractivity contribution in [1.82, 2.24) is 0 Å². The molecule has 1 aliphatic heterocycles. The second-order valence-corrected chi connectivity index (χ2v) is 3.98. The van der Waals surface area contributed by atoms with Crippen LogP contribution in [0.4, 0.5) is 0 Å². The van der Waals surface area contributed by atoms with E-state index >= 15 is 0 Å². The molecule has 1 saturated heterocycles. The van der Waals surface area contributed by atoms with Gasteiger partial charge in [0.2, 0.25) is 0 Å². The van der Waals surface area contributed by atoms with Crippen molar-refractivity contribution in [2.75, 3.05) is 0 Å². The molecule has 1 heteroatoms. The smallest absolute Gasteiger partial charge is 0.0867 e. The third-order valence-corrected chi connectivity index (χ3v) is 2.95. The fraction of sp³-hybridized carbons (Fsp3) is 0.800. The topological polar surface area (TPSA) is 12.5 Å². The van der Waals surface area contributed by atoms with Crippen molar-refractivity contribution in [3.05, 3.63) is 12.7 Å². The average Bonchev–Trinajstić information content (AvgIpc) is 2.67. The molecule has 2 rings (SSSR count). The van der Waals surface area contributed by atoms with Gasteiger partial charge in [-0.15, -0.1) is 6.58 Å². The Morgan fingerprint density at radius 3 is 3.00 bits per heavy atom. The highest BCUT2D eigenvalue weighted by atomic mass is 16.6. The molecule has 1 aliphatic carbocycles. The second kappa shape index (κ2) is 2.63. The molecule has 1 heterocycles. The monoisotopic (exact) mass is 152 g/mol. The van der Waals surface area contributed by atoms with Crippen LogP contribution in [0.3, 0.4) is 0 Å². The van der Waals surface area contributed by atoms with Crippen molar-refractivity contribution in [2.45, 2.75) is 38.4 Å². The van der Waals surface area contributed by atoms with E-state index < -0.39 is 0 Å². The lowest BCUT2D eigenvalue weighted by Gasteiger charge is -2.21. The summed E-state index contributed by atoms with van der Waals surface area (Å²) in [5, 5.41) is 0. The minimum absolute atomic E-state index is 0.615. The first kappa shape index (κ1) is 7.35. The predicted octanol–water partition coefficient (Wildman–Crippen LogP) is 2.38. The van der Waals surface area contributed by atoms with Crippen LogP contribution in [0, 0.1) is 11.8 Å². The summed E-state index contributed by atoms with van der Waals surface area (Å²) in [7, 11) is 0. The summed E-state index contributed by atoms with van der Waals surface area (Å²) in [6.45, 7) is 6.08. The maximum absolute atomic E-state index is 5.53. The fourth-order valence-electron chi connectivity index (χ4n) is 2.36. The molecule has 0 bridgehead atoms. The molecule has 0 radical (unpaired) electrons. The lowest BCUT2D eigenvalue weighted by Crippen LogP contribution is -2.20. The normalized spacial score (nSPS) is 48.1. The number of hydrogen-bond acceptors (Lipinski definition) is 1. The van der Waals surface area contributed by atoms with E-state index in [0.29, 0.717) is 12.2 Å². The van der Waals surface area contributed by atoms with Gasteiger partial charge in [-0.1, -0.05) is 13.0 Å². The Morgan fingerprint density at radius 1 is 1.55 bits per heavy atom. The Balaban J connectivity index is 1.89. The summed E-state index contributed by atoms with van der Waals surface area (Å²) in [4.78, 5) is 0. The molecule has 4 unspecified atom stereocenters. The Kier molecular flexibility index (Phi) is 1.76. The predicted molar refractivity (Wildman–Crippen MR) is 45.4 cm³/mol. The standard InChI is InChI=1S/C10H16O/c1-3-4-8-5-7(2)10-9(6-8)11-10/h3,7-10H,1,4-6H2,2H3. The Hall–Kier alpha value is -0.300. The lowest BCUT2D eigenvalue weighted by molar-refractivity contribution is 0.313. The highest BCUT2D eigenvalue weighted by molar-refractivity contribution is 4.96. The average molecular weight is 152 g/mol. The number of rotatable bonds is 2. The third kappa shape index (κ3) is 1.34. The summed E-state index contributed by atoms with van der Waals surface area (Å²) in [5.74, 6) is 1.64. The molecule has 0 N–H and O–H groups in total. The summed E-state index contributed by atoms with van der Waals surface area (Å²) in [6.07, 6.45) is 7.07. The molecular weight excluding hydrogens is 136 g/mol. The van der Waals surface area contributed by atoms with Gasteiger partial charge in [0.1, 0.15) is 0 Å².